The topological polar surface area (TPSA) is 15.3 Å². The molecular formula is C16H22N2S. The van der Waals surface area contributed by atoms with Gasteiger partial charge in [0.25, 0.3) is 0 Å². The maximum atomic E-state index is 3.18. The number of likely N-dealkylation sites (N-methyl/N-ethyl adjacent to an activating group) is 1. The van der Waals surface area contributed by atoms with Gasteiger partial charge in [0, 0.05) is 13.1 Å². The number of hydrogen-bond acceptors (Lipinski definition) is 3. The number of benzene rings is 1. The van der Waals surface area contributed by atoms with Crippen LogP contribution in [-0.2, 0) is 19.5 Å². The highest BCUT2D eigenvalue weighted by atomic mass is 32.1. The van der Waals surface area contributed by atoms with E-state index < -0.39 is 0 Å². The normalized spacial score (nSPS) is 11.1. The third-order valence-electron chi connectivity index (χ3n) is 3.17. The highest BCUT2D eigenvalue weighted by molar-refractivity contribution is 7.07. The molecule has 0 saturated carbocycles. The monoisotopic (exact) mass is 274 g/mol. The fourth-order valence-electron chi connectivity index (χ4n) is 2.14. The fraction of sp³-hybridized carbons (Fsp3) is 0.375. The van der Waals surface area contributed by atoms with E-state index in [4.69, 9.17) is 0 Å². The molecule has 0 saturated heterocycles. The molecular weight excluding hydrogens is 252 g/mol. The van der Waals surface area contributed by atoms with E-state index in [9.17, 15) is 0 Å². The van der Waals surface area contributed by atoms with E-state index >= 15 is 0 Å². The molecule has 2 aromatic rings. The predicted octanol–water partition coefficient (Wildman–Crippen LogP) is 3.14. The van der Waals surface area contributed by atoms with Gasteiger partial charge in [-0.2, -0.15) is 11.3 Å². The third-order valence-corrected chi connectivity index (χ3v) is 3.90. The molecule has 2 nitrogen and oxygen atoms in total. The molecule has 1 aromatic heterocycles. The van der Waals surface area contributed by atoms with Gasteiger partial charge in [0.1, 0.15) is 0 Å². The maximum absolute atomic E-state index is 3.18. The molecule has 0 aliphatic heterocycles. The first-order valence-electron chi connectivity index (χ1n) is 6.70. The second-order valence-electron chi connectivity index (χ2n) is 4.97. The highest BCUT2D eigenvalue weighted by Gasteiger charge is 2.02. The van der Waals surface area contributed by atoms with E-state index in [-0.39, 0.29) is 0 Å². The molecule has 0 unspecified atom stereocenters. The molecule has 1 aromatic carbocycles. The lowest BCUT2D eigenvalue weighted by Gasteiger charge is -2.16. The van der Waals surface area contributed by atoms with E-state index in [1.54, 1.807) is 11.3 Å². The summed E-state index contributed by atoms with van der Waals surface area (Å²) in [5.74, 6) is 0. The fourth-order valence-corrected chi connectivity index (χ4v) is 2.80. The molecule has 0 aliphatic carbocycles. The largest absolute Gasteiger partial charge is 0.319 e. The summed E-state index contributed by atoms with van der Waals surface area (Å²) in [7, 11) is 4.17. The van der Waals surface area contributed by atoms with Crippen LogP contribution < -0.4 is 5.32 Å². The van der Waals surface area contributed by atoms with Gasteiger partial charge in [-0.25, -0.2) is 0 Å². The molecule has 0 fully saturated rings. The lowest BCUT2D eigenvalue weighted by Crippen LogP contribution is -2.16. The van der Waals surface area contributed by atoms with Crippen molar-refractivity contribution in [1.82, 2.24) is 10.2 Å². The van der Waals surface area contributed by atoms with Gasteiger partial charge in [0.15, 0.2) is 0 Å². The van der Waals surface area contributed by atoms with Gasteiger partial charge in [-0.15, -0.1) is 0 Å². The second-order valence-corrected chi connectivity index (χ2v) is 5.75. The number of nitrogens with one attached hydrogen (secondary N) is 1. The van der Waals surface area contributed by atoms with Crippen molar-refractivity contribution in [2.24, 2.45) is 0 Å². The molecule has 0 radical (unpaired) electrons. The smallest absolute Gasteiger partial charge is 0.0242 e. The quantitative estimate of drug-likeness (QED) is 0.834. The van der Waals surface area contributed by atoms with Crippen molar-refractivity contribution in [2.45, 2.75) is 19.5 Å². The minimum atomic E-state index is 1.00. The van der Waals surface area contributed by atoms with Crippen molar-refractivity contribution in [3.05, 3.63) is 57.8 Å². The Morgan fingerprint density at radius 2 is 1.68 bits per heavy atom. The summed E-state index contributed by atoms with van der Waals surface area (Å²) in [6.45, 7) is 3.06. The summed E-state index contributed by atoms with van der Waals surface area (Å²) >= 11 is 1.76. The standard InChI is InChI=1S/C16H22N2S/c1-17-9-7-14-3-5-15(6-4-14)11-18(2)12-16-8-10-19-13-16/h3-6,8,10,13,17H,7,9,11-12H2,1-2H3. The zero-order valence-corrected chi connectivity index (χ0v) is 12.5. The number of rotatable bonds is 7. The molecule has 2 rings (SSSR count). The zero-order chi connectivity index (χ0) is 13.5. The molecule has 0 atom stereocenters. The molecule has 0 aliphatic rings. The third kappa shape index (κ3) is 4.78. The van der Waals surface area contributed by atoms with E-state index in [2.05, 4.69) is 58.4 Å². The van der Waals surface area contributed by atoms with Gasteiger partial charge < -0.3 is 5.32 Å². The van der Waals surface area contributed by atoms with Gasteiger partial charge in [-0.05, 0) is 60.6 Å². The van der Waals surface area contributed by atoms with Crippen LogP contribution in [0.2, 0.25) is 0 Å². The summed E-state index contributed by atoms with van der Waals surface area (Å²) in [6.07, 6.45) is 1.10. The Kier molecular flexibility index (Phi) is 5.58. The lowest BCUT2D eigenvalue weighted by molar-refractivity contribution is 0.319. The van der Waals surface area contributed by atoms with Crippen LogP contribution in [0, 0.1) is 0 Å². The van der Waals surface area contributed by atoms with E-state index in [1.165, 1.54) is 16.7 Å². The SMILES string of the molecule is CNCCc1ccc(CN(C)Cc2ccsc2)cc1. The Labute approximate surface area is 120 Å². The number of nitrogens with zero attached hydrogens (tertiary/aromatic N) is 1. The summed E-state index contributed by atoms with van der Waals surface area (Å²) in [5, 5.41) is 7.54. The highest BCUT2D eigenvalue weighted by Crippen LogP contribution is 2.12. The summed E-state index contributed by atoms with van der Waals surface area (Å²) < 4.78 is 0. The van der Waals surface area contributed by atoms with Crippen molar-refractivity contribution in [3.63, 3.8) is 0 Å². The number of hydrogen-bond donors (Lipinski definition) is 1. The molecule has 0 spiro atoms. The molecule has 0 amide bonds. The van der Waals surface area contributed by atoms with Crippen LogP contribution in [0.5, 0.6) is 0 Å². The van der Waals surface area contributed by atoms with Crippen molar-refractivity contribution >= 4 is 11.3 Å². The van der Waals surface area contributed by atoms with Gasteiger partial charge in [0.2, 0.25) is 0 Å². The molecule has 0 bridgehead atoms. The Hall–Kier alpha value is -1.16. The zero-order valence-electron chi connectivity index (χ0n) is 11.7. The summed E-state index contributed by atoms with van der Waals surface area (Å²) in [5.41, 5.74) is 4.18. The van der Waals surface area contributed by atoms with Gasteiger partial charge in [-0.1, -0.05) is 24.3 Å². The Balaban J connectivity index is 1.84. The summed E-state index contributed by atoms with van der Waals surface area (Å²) in [6, 6.07) is 11.2. The van der Waals surface area contributed by atoms with E-state index in [1.807, 2.05) is 7.05 Å². The van der Waals surface area contributed by atoms with Crippen LogP contribution in [0.25, 0.3) is 0 Å². The van der Waals surface area contributed by atoms with Gasteiger partial charge in [-0.3, -0.25) is 4.90 Å². The summed E-state index contributed by atoms with van der Waals surface area (Å²) in [4.78, 5) is 2.35. The van der Waals surface area contributed by atoms with Gasteiger partial charge in [0.05, 0.1) is 0 Å². The Bertz CT molecular complexity index is 462. The van der Waals surface area contributed by atoms with Crippen LogP contribution in [0.1, 0.15) is 16.7 Å². The van der Waals surface area contributed by atoms with Gasteiger partial charge >= 0.3 is 0 Å². The Morgan fingerprint density at radius 3 is 2.32 bits per heavy atom. The van der Waals surface area contributed by atoms with Crippen molar-refractivity contribution in [1.29, 1.82) is 0 Å². The molecule has 1 heterocycles. The van der Waals surface area contributed by atoms with Crippen LogP contribution in [0.4, 0.5) is 0 Å². The molecule has 3 heteroatoms. The van der Waals surface area contributed by atoms with Crippen LogP contribution in [0.3, 0.4) is 0 Å². The van der Waals surface area contributed by atoms with Crippen molar-refractivity contribution in [3.8, 4) is 0 Å². The second kappa shape index (κ2) is 7.43. The van der Waals surface area contributed by atoms with Crippen molar-refractivity contribution in [2.75, 3.05) is 20.6 Å². The van der Waals surface area contributed by atoms with E-state index in [0.717, 1.165) is 26.1 Å². The molecule has 19 heavy (non-hydrogen) atoms. The predicted molar refractivity (Wildman–Crippen MR) is 83.6 cm³/mol. The average Bonchev–Trinajstić information content (AvgIpc) is 2.90. The van der Waals surface area contributed by atoms with Crippen molar-refractivity contribution < 1.29 is 0 Å². The first kappa shape index (κ1) is 14.3. The van der Waals surface area contributed by atoms with Crippen LogP contribution >= 0.6 is 11.3 Å². The first-order chi connectivity index (χ1) is 9.28. The first-order valence-corrected chi connectivity index (χ1v) is 7.64. The number of thiophene rings is 1. The minimum absolute atomic E-state index is 1.00. The van der Waals surface area contributed by atoms with Crippen LogP contribution in [0.15, 0.2) is 41.1 Å². The van der Waals surface area contributed by atoms with E-state index in [0.29, 0.717) is 0 Å². The lowest BCUT2D eigenvalue weighted by atomic mass is 10.1. The minimum Gasteiger partial charge on any atom is -0.319 e. The van der Waals surface area contributed by atoms with Crippen LogP contribution in [-0.4, -0.2) is 25.5 Å². The molecule has 1 N–H and O–H groups in total. The average molecular weight is 274 g/mol. The maximum Gasteiger partial charge on any atom is 0.0242 e. The Morgan fingerprint density at radius 1 is 1.00 bits per heavy atom. The molecule has 102 valence electrons.